The summed E-state index contributed by atoms with van der Waals surface area (Å²) in [6.45, 7) is 3.02. The SMILES string of the molecule is Cc1cc2cc(NC(=N[C@H]3CCCCN(CC(=O)N4CCC[C@@H]4CNC(=O)c4ccccc4)C3=O)NC(=O)c3ccc(C(=O)N(C)C)nc3)ccc2o1. The number of furan rings is 1. The first-order chi connectivity index (χ1) is 25.5. The fourth-order valence-electron chi connectivity index (χ4n) is 6.60. The maximum atomic E-state index is 14.0. The molecule has 0 radical (unpaired) electrons. The second kappa shape index (κ2) is 16.5. The molecule has 3 N–H and O–H groups in total. The van der Waals surface area contributed by atoms with E-state index in [0.29, 0.717) is 55.7 Å². The van der Waals surface area contributed by atoms with Crippen LogP contribution in [0.1, 0.15) is 69.1 Å². The Morgan fingerprint density at radius 1 is 0.925 bits per heavy atom. The van der Waals surface area contributed by atoms with E-state index in [1.807, 2.05) is 25.1 Å². The van der Waals surface area contributed by atoms with Crippen LogP contribution in [0.15, 0.2) is 82.3 Å². The van der Waals surface area contributed by atoms with Crippen molar-refractivity contribution in [3.63, 3.8) is 0 Å². The Bertz CT molecular complexity index is 2010. The predicted molar refractivity (Wildman–Crippen MR) is 199 cm³/mol. The zero-order chi connectivity index (χ0) is 37.5. The molecule has 0 bridgehead atoms. The summed E-state index contributed by atoms with van der Waals surface area (Å²) in [6.07, 6.45) is 4.68. The van der Waals surface area contributed by atoms with Gasteiger partial charge in [-0.25, -0.2) is 4.99 Å². The first-order valence-corrected chi connectivity index (χ1v) is 17.8. The Balaban J connectivity index is 1.18. The van der Waals surface area contributed by atoms with Gasteiger partial charge in [-0.15, -0.1) is 0 Å². The van der Waals surface area contributed by atoms with Crippen LogP contribution in [0.25, 0.3) is 11.0 Å². The van der Waals surface area contributed by atoms with Gasteiger partial charge in [-0.1, -0.05) is 18.2 Å². The number of carbonyl (C=O) groups excluding carboxylic acids is 5. The summed E-state index contributed by atoms with van der Waals surface area (Å²) in [5.74, 6) is -0.735. The number of aromatic nitrogens is 1. The fourth-order valence-corrected chi connectivity index (χ4v) is 6.60. The van der Waals surface area contributed by atoms with Gasteiger partial charge in [0.1, 0.15) is 23.1 Å². The summed E-state index contributed by atoms with van der Waals surface area (Å²) < 4.78 is 5.71. The Morgan fingerprint density at radius 2 is 1.74 bits per heavy atom. The number of hydrogen-bond donors (Lipinski definition) is 3. The van der Waals surface area contributed by atoms with Crippen LogP contribution in [0.3, 0.4) is 0 Å². The molecule has 2 aliphatic heterocycles. The van der Waals surface area contributed by atoms with Crippen LogP contribution in [-0.2, 0) is 9.59 Å². The average molecular weight is 721 g/mol. The van der Waals surface area contributed by atoms with Crippen molar-refractivity contribution < 1.29 is 28.4 Å². The van der Waals surface area contributed by atoms with Crippen molar-refractivity contribution in [3.05, 3.63) is 95.5 Å². The molecule has 6 rings (SSSR count). The van der Waals surface area contributed by atoms with Gasteiger partial charge in [0.2, 0.25) is 17.8 Å². The lowest BCUT2D eigenvalue weighted by Gasteiger charge is -2.29. The number of anilines is 1. The molecule has 14 nitrogen and oxygen atoms in total. The molecule has 2 atom stereocenters. The third-order valence-electron chi connectivity index (χ3n) is 9.38. The van der Waals surface area contributed by atoms with Gasteiger partial charge < -0.3 is 29.8 Å². The van der Waals surface area contributed by atoms with Crippen LogP contribution >= 0.6 is 0 Å². The lowest BCUT2D eigenvalue weighted by molar-refractivity contribution is -0.141. The van der Waals surface area contributed by atoms with Crippen LogP contribution in [0.5, 0.6) is 0 Å². The molecule has 2 aromatic heterocycles. The van der Waals surface area contributed by atoms with Crippen LogP contribution in [0, 0.1) is 6.92 Å². The van der Waals surface area contributed by atoms with Gasteiger partial charge >= 0.3 is 0 Å². The highest BCUT2D eigenvalue weighted by Crippen LogP contribution is 2.24. The third kappa shape index (κ3) is 9.07. The summed E-state index contributed by atoms with van der Waals surface area (Å²) in [5, 5.41) is 9.76. The third-order valence-corrected chi connectivity index (χ3v) is 9.38. The monoisotopic (exact) mass is 720 g/mol. The number of amides is 5. The lowest BCUT2D eigenvalue weighted by Crippen LogP contribution is -2.49. The van der Waals surface area contributed by atoms with E-state index in [0.717, 1.165) is 24.0 Å². The molecule has 0 aliphatic carbocycles. The maximum Gasteiger partial charge on any atom is 0.271 e. The Hall–Kier alpha value is -6.05. The van der Waals surface area contributed by atoms with Crippen LogP contribution in [0.4, 0.5) is 5.69 Å². The van der Waals surface area contributed by atoms with Crippen molar-refractivity contribution in [1.29, 1.82) is 0 Å². The summed E-state index contributed by atoms with van der Waals surface area (Å²) in [6, 6.07) is 18.2. The molecule has 276 valence electrons. The quantitative estimate of drug-likeness (QED) is 0.173. The molecular formula is C39H44N8O6. The van der Waals surface area contributed by atoms with Gasteiger partial charge in [0.05, 0.1) is 12.1 Å². The summed E-state index contributed by atoms with van der Waals surface area (Å²) in [4.78, 5) is 79.7. The Labute approximate surface area is 307 Å². The second-order valence-electron chi connectivity index (χ2n) is 13.5. The summed E-state index contributed by atoms with van der Waals surface area (Å²) >= 11 is 0. The van der Waals surface area contributed by atoms with E-state index >= 15 is 0 Å². The lowest BCUT2D eigenvalue weighted by atomic mass is 10.1. The second-order valence-corrected chi connectivity index (χ2v) is 13.5. The summed E-state index contributed by atoms with van der Waals surface area (Å²) in [7, 11) is 3.23. The van der Waals surface area contributed by atoms with Crippen molar-refractivity contribution in [2.75, 3.05) is 45.6 Å². The van der Waals surface area contributed by atoms with Crippen molar-refractivity contribution >= 4 is 52.2 Å². The van der Waals surface area contributed by atoms with Crippen molar-refractivity contribution in [2.24, 2.45) is 4.99 Å². The molecule has 2 aromatic carbocycles. The van der Waals surface area contributed by atoms with E-state index in [-0.39, 0.29) is 53.4 Å². The minimum Gasteiger partial charge on any atom is -0.461 e. The zero-order valence-electron chi connectivity index (χ0n) is 30.1. The molecule has 53 heavy (non-hydrogen) atoms. The number of aliphatic imine (C=N–C) groups is 1. The predicted octanol–water partition coefficient (Wildman–Crippen LogP) is 3.84. The van der Waals surface area contributed by atoms with Crippen LogP contribution < -0.4 is 16.0 Å². The molecule has 5 amide bonds. The molecule has 0 spiro atoms. The van der Waals surface area contributed by atoms with E-state index in [2.05, 4.69) is 20.9 Å². The molecular weight excluding hydrogens is 676 g/mol. The number of pyridine rings is 1. The molecule has 2 aliphatic rings. The molecule has 4 aromatic rings. The molecule has 4 heterocycles. The molecule has 2 saturated heterocycles. The van der Waals surface area contributed by atoms with Gasteiger partial charge in [0.15, 0.2) is 0 Å². The molecule has 0 unspecified atom stereocenters. The van der Waals surface area contributed by atoms with E-state index in [4.69, 9.17) is 9.41 Å². The smallest absolute Gasteiger partial charge is 0.271 e. The first kappa shape index (κ1) is 36.7. The highest BCUT2D eigenvalue weighted by molar-refractivity contribution is 6.11. The highest BCUT2D eigenvalue weighted by atomic mass is 16.3. The number of aryl methyl sites for hydroxylation is 1. The number of guanidine groups is 1. The number of fused-ring (bicyclic) bond motifs is 1. The van der Waals surface area contributed by atoms with Gasteiger partial charge in [-0.3, -0.25) is 34.3 Å². The van der Waals surface area contributed by atoms with Gasteiger partial charge in [0, 0.05) is 62.6 Å². The highest BCUT2D eigenvalue weighted by Gasteiger charge is 2.34. The fraction of sp³-hybridized carbons (Fsp3) is 0.359. The van der Waals surface area contributed by atoms with E-state index in [1.54, 1.807) is 60.3 Å². The van der Waals surface area contributed by atoms with Crippen LogP contribution in [-0.4, -0.2) is 108 Å². The molecule has 0 saturated carbocycles. The number of hydrogen-bond acceptors (Lipinski definition) is 8. The van der Waals surface area contributed by atoms with E-state index < -0.39 is 11.9 Å². The van der Waals surface area contributed by atoms with Gasteiger partial charge in [0.25, 0.3) is 17.7 Å². The minimum atomic E-state index is -0.870. The van der Waals surface area contributed by atoms with Gasteiger partial charge in [-0.05, 0) is 87.6 Å². The van der Waals surface area contributed by atoms with Crippen molar-refractivity contribution in [2.45, 2.75) is 51.1 Å². The largest absolute Gasteiger partial charge is 0.461 e. The molecule has 14 heteroatoms. The number of likely N-dealkylation sites (tertiary alicyclic amines) is 2. The van der Waals surface area contributed by atoms with Crippen LogP contribution in [0.2, 0.25) is 0 Å². The summed E-state index contributed by atoms with van der Waals surface area (Å²) in [5.41, 5.74) is 2.24. The Morgan fingerprint density at radius 3 is 2.49 bits per heavy atom. The maximum absolute atomic E-state index is 14.0. The number of nitrogens with zero attached hydrogens (tertiary/aromatic N) is 5. The van der Waals surface area contributed by atoms with Crippen molar-refractivity contribution in [3.8, 4) is 0 Å². The average Bonchev–Trinajstić information content (AvgIpc) is 3.75. The van der Waals surface area contributed by atoms with E-state index in [1.165, 1.54) is 23.2 Å². The van der Waals surface area contributed by atoms with Gasteiger partial charge in [-0.2, -0.15) is 0 Å². The normalized spacial score (nSPS) is 17.7. The number of benzene rings is 2. The Kier molecular flexibility index (Phi) is 11.5. The minimum absolute atomic E-state index is 0.0447. The zero-order valence-corrected chi connectivity index (χ0v) is 30.1. The topological polar surface area (TPSA) is 170 Å². The number of carbonyl (C=O) groups is 5. The van der Waals surface area contributed by atoms with Crippen molar-refractivity contribution in [1.82, 2.24) is 30.3 Å². The standard InChI is InChI=1S/C39H44N8O6/c1-25-20-28-21-29(15-17-33(28)53-25)42-39(44-36(50)27-14-16-31(40-22-27)37(51)45(2)3)43-32-13-7-8-18-46(38(32)52)24-34(48)47-19-9-12-30(47)23-41-35(49)26-10-5-4-6-11-26/h4-6,10-11,14-17,20-22,30,32H,7-9,12-13,18-19,23-24H2,1-3H3,(H,41,49)(H2,42,43,44,50)/t30-,32+/m1/s1. The van der Waals surface area contributed by atoms with E-state index in [9.17, 15) is 24.0 Å². The number of nitrogens with one attached hydrogen (secondary N) is 3. The molecule has 2 fully saturated rings. The first-order valence-electron chi connectivity index (χ1n) is 17.8. The number of rotatable bonds is 9.